The summed E-state index contributed by atoms with van der Waals surface area (Å²) in [5.41, 5.74) is 0. The molecule has 2 saturated carbocycles. The highest BCUT2D eigenvalue weighted by Crippen LogP contribution is 2.41. The van der Waals surface area contributed by atoms with Crippen molar-refractivity contribution in [2.45, 2.75) is 96.6 Å². The molecule has 0 N–H and O–H groups in total. The highest BCUT2D eigenvalue weighted by atomic mass is 16.1. The maximum Gasteiger partial charge on any atom is 0.237 e. The van der Waals surface area contributed by atoms with Crippen LogP contribution in [0.4, 0.5) is 0 Å². The Morgan fingerprint density at radius 3 is 1.68 bits per heavy atom. The Morgan fingerprint density at radius 2 is 1.24 bits per heavy atom. The van der Waals surface area contributed by atoms with E-state index in [9.17, 15) is 9.59 Å². The van der Waals surface area contributed by atoms with Crippen molar-refractivity contribution in [1.29, 1.82) is 0 Å². The van der Waals surface area contributed by atoms with Gasteiger partial charge in [0.05, 0.1) is 0 Å². The summed E-state index contributed by atoms with van der Waals surface area (Å²) in [6.07, 6.45) is 19.1. The average Bonchev–Trinajstić information content (AvgIpc) is 2.67. The zero-order valence-corrected chi connectivity index (χ0v) is 15.8. The van der Waals surface area contributed by atoms with Crippen LogP contribution >= 0.6 is 0 Å². The van der Waals surface area contributed by atoms with Gasteiger partial charge >= 0.3 is 0 Å². The summed E-state index contributed by atoms with van der Waals surface area (Å²) in [7, 11) is 0. The van der Waals surface area contributed by atoms with Gasteiger partial charge < -0.3 is 0 Å². The number of aliphatic imine (C=N–C) groups is 2. The van der Waals surface area contributed by atoms with Crippen LogP contribution in [0, 0.1) is 23.7 Å². The first-order valence-electron chi connectivity index (χ1n) is 10.4. The molecule has 140 valence electrons. The summed E-state index contributed by atoms with van der Waals surface area (Å²) in [5.74, 6) is 2.81. The fourth-order valence-electron chi connectivity index (χ4n) is 5.30. The van der Waals surface area contributed by atoms with Gasteiger partial charge in [-0.25, -0.2) is 9.59 Å². The Balaban J connectivity index is 2.08. The zero-order chi connectivity index (χ0) is 17.9. The minimum Gasteiger partial charge on any atom is -0.211 e. The molecule has 0 bridgehead atoms. The number of rotatable bonds is 9. The molecule has 4 heteroatoms. The van der Waals surface area contributed by atoms with Gasteiger partial charge in [-0.05, 0) is 36.5 Å². The van der Waals surface area contributed by atoms with Crippen molar-refractivity contribution < 1.29 is 9.59 Å². The zero-order valence-electron chi connectivity index (χ0n) is 15.8. The predicted octanol–water partition coefficient (Wildman–Crippen LogP) is 5.57. The summed E-state index contributed by atoms with van der Waals surface area (Å²) in [5, 5.41) is 0. The Bertz CT molecular complexity index is 450. The molecular weight excluding hydrogens is 312 g/mol. The molecule has 2 unspecified atom stereocenters. The molecule has 2 fully saturated rings. The van der Waals surface area contributed by atoms with Crippen molar-refractivity contribution in [3.8, 4) is 0 Å². The van der Waals surface area contributed by atoms with E-state index in [2.05, 4.69) is 16.9 Å². The summed E-state index contributed by atoms with van der Waals surface area (Å²) in [6, 6.07) is 0. The molecule has 0 saturated heterocycles. The van der Waals surface area contributed by atoms with E-state index in [1.54, 1.807) is 12.2 Å². The maximum absolute atomic E-state index is 10.7. The van der Waals surface area contributed by atoms with Crippen molar-refractivity contribution in [2.75, 3.05) is 0 Å². The van der Waals surface area contributed by atoms with Crippen LogP contribution in [0.3, 0.4) is 0 Å². The second-order valence-corrected chi connectivity index (χ2v) is 8.12. The molecule has 0 aromatic carbocycles. The Labute approximate surface area is 152 Å². The maximum atomic E-state index is 10.7. The summed E-state index contributed by atoms with van der Waals surface area (Å²) >= 11 is 0. The fourth-order valence-corrected chi connectivity index (χ4v) is 5.30. The Morgan fingerprint density at radius 1 is 0.760 bits per heavy atom. The number of isocyanates is 2. The van der Waals surface area contributed by atoms with Crippen molar-refractivity contribution in [3.63, 3.8) is 0 Å². The van der Waals surface area contributed by atoms with Crippen LogP contribution < -0.4 is 0 Å². The van der Waals surface area contributed by atoms with Crippen LogP contribution in [0.1, 0.15) is 90.4 Å². The van der Waals surface area contributed by atoms with Gasteiger partial charge in [0, 0.05) is 0 Å². The molecule has 0 spiro atoms. The van der Waals surface area contributed by atoms with Gasteiger partial charge in [0.2, 0.25) is 12.2 Å². The van der Waals surface area contributed by atoms with E-state index in [-0.39, 0.29) is 0 Å². The topological polar surface area (TPSA) is 58.9 Å². The molecule has 0 aromatic rings. The lowest BCUT2D eigenvalue weighted by atomic mass is 9.69. The van der Waals surface area contributed by atoms with E-state index in [0.717, 1.165) is 11.8 Å². The van der Waals surface area contributed by atoms with Crippen molar-refractivity contribution >= 4 is 12.2 Å². The Kier molecular flexibility index (Phi) is 9.15. The largest absolute Gasteiger partial charge is 0.237 e. The average molecular weight is 347 g/mol. The van der Waals surface area contributed by atoms with Crippen LogP contribution in [0.25, 0.3) is 0 Å². The van der Waals surface area contributed by atoms with Crippen molar-refractivity contribution in [2.24, 2.45) is 33.7 Å². The highest BCUT2D eigenvalue weighted by Gasteiger charge is 2.31. The van der Waals surface area contributed by atoms with E-state index in [0.29, 0.717) is 18.3 Å². The molecule has 25 heavy (non-hydrogen) atoms. The second kappa shape index (κ2) is 11.4. The molecule has 0 heterocycles. The van der Waals surface area contributed by atoms with Gasteiger partial charge in [0.15, 0.2) is 6.17 Å². The SMILES string of the molecule is CCC(CC(CC(N=C=O)N=C=O)C1CCCCC1)C1CCCCC1. The normalized spacial score (nSPS) is 23.1. The molecule has 4 nitrogen and oxygen atoms in total. The molecular formula is C21H34N2O2. The molecule has 0 radical (unpaired) electrons. The molecule has 2 rings (SSSR count). The van der Waals surface area contributed by atoms with Crippen LogP contribution in [0.5, 0.6) is 0 Å². The third-order valence-electron chi connectivity index (χ3n) is 6.68. The van der Waals surface area contributed by atoms with Crippen molar-refractivity contribution in [3.05, 3.63) is 0 Å². The lowest BCUT2D eigenvalue weighted by Gasteiger charge is -2.37. The van der Waals surface area contributed by atoms with Crippen LogP contribution in [-0.4, -0.2) is 18.3 Å². The van der Waals surface area contributed by atoms with Gasteiger partial charge in [-0.3, -0.25) is 0 Å². The van der Waals surface area contributed by atoms with Crippen LogP contribution in [-0.2, 0) is 9.59 Å². The Hall–Kier alpha value is -1.24. The van der Waals surface area contributed by atoms with E-state index in [1.165, 1.54) is 77.0 Å². The molecule has 2 aliphatic carbocycles. The van der Waals surface area contributed by atoms with Gasteiger partial charge in [0.1, 0.15) is 0 Å². The van der Waals surface area contributed by atoms with Crippen molar-refractivity contribution in [1.82, 2.24) is 0 Å². The van der Waals surface area contributed by atoms with Gasteiger partial charge in [-0.1, -0.05) is 77.6 Å². The lowest BCUT2D eigenvalue weighted by molar-refractivity contribution is 0.144. The fraction of sp³-hybridized carbons (Fsp3) is 0.905. The lowest BCUT2D eigenvalue weighted by Crippen LogP contribution is -2.27. The van der Waals surface area contributed by atoms with E-state index in [4.69, 9.17) is 0 Å². The molecule has 0 amide bonds. The third kappa shape index (κ3) is 6.53. The number of hydrogen-bond donors (Lipinski definition) is 0. The standard InChI is InChI=1S/C21H34N2O2/c1-2-17(18-9-5-3-6-10-18)13-20(19-11-7-4-8-12-19)14-21(22-15-24)23-16-25/h17-21H,2-14H2,1H3. The quantitative estimate of drug-likeness (QED) is 0.405. The monoisotopic (exact) mass is 346 g/mol. The van der Waals surface area contributed by atoms with E-state index in [1.807, 2.05) is 0 Å². The molecule has 2 aliphatic rings. The number of hydrogen-bond acceptors (Lipinski definition) is 4. The smallest absolute Gasteiger partial charge is 0.211 e. The molecule has 0 aromatic heterocycles. The van der Waals surface area contributed by atoms with Crippen LogP contribution in [0.15, 0.2) is 9.98 Å². The first-order chi connectivity index (χ1) is 12.3. The first kappa shape index (κ1) is 20.1. The summed E-state index contributed by atoms with van der Waals surface area (Å²) in [4.78, 5) is 28.9. The third-order valence-corrected chi connectivity index (χ3v) is 6.68. The number of carbonyl (C=O) groups excluding carboxylic acids is 2. The van der Waals surface area contributed by atoms with Crippen LogP contribution in [0.2, 0.25) is 0 Å². The van der Waals surface area contributed by atoms with Gasteiger partial charge in [-0.15, -0.1) is 0 Å². The molecule has 2 atom stereocenters. The minimum absolute atomic E-state index is 0.506. The molecule has 0 aliphatic heterocycles. The minimum atomic E-state index is -0.578. The summed E-state index contributed by atoms with van der Waals surface area (Å²) < 4.78 is 0. The van der Waals surface area contributed by atoms with Gasteiger partial charge in [-0.2, -0.15) is 9.98 Å². The predicted molar refractivity (Wildman–Crippen MR) is 99.7 cm³/mol. The van der Waals surface area contributed by atoms with E-state index < -0.39 is 6.17 Å². The first-order valence-corrected chi connectivity index (χ1v) is 10.4. The second-order valence-electron chi connectivity index (χ2n) is 8.12. The number of nitrogens with zero attached hydrogens (tertiary/aromatic N) is 2. The highest BCUT2D eigenvalue weighted by molar-refractivity contribution is 5.36. The van der Waals surface area contributed by atoms with E-state index >= 15 is 0 Å². The van der Waals surface area contributed by atoms with Gasteiger partial charge in [0.25, 0.3) is 0 Å². The summed E-state index contributed by atoms with van der Waals surface area (Å²) in [6.45, 7) is 2.32.